The number of hydrogen-bond donors (Lipinski definition) is 3. The van der Waals surface area contributed by atoms with Gasteiger partial charge >= 0.3 is 0 Å². The highest BCUT2D eigenvalue weighted by Crippen LogP contribution is 2.23. The largest absolute Gasteiger partial charge is 0.379 e. The molecule has 2 aromatic rings. The molecule has 2 aliphatic rings. The standard InChI is InChI=1S/C19H24ClN5O2.ClH/c20-14-3-1-13(2-4-14)17(25-7-9-27-10-8-25)12-22-19(26)18-15-11-21-6-5-16(15)23-24-18;/h1-4,17,21H,5-12H2,(H,22,26)(H,23,24);1H. The average Bonchev–Trinajstić information content (AvgIpc) is 3.14. The van der Waals surface area contributed by atoms with Crippen LogP contribution >= 0.6 is 24.0 Å². The molecule has 7 nitrogen and oxygen atoms in total. The highest BCUT2D eigenvalue weighted by molar-refractivity contribution is 6.30. The second kappa shape index (κ2) is 9.71. The molecule has 1 unspecified atom stereocenters. The molecule has 1 aromatic heterocycles. The molecule has 28 heavy (non-hydrogen) atoms. The zero-order valence-electron chi connectivity index (χ0n) is 15.5. The molecule has 9 heteroatoms. The predicted octanol–water partition coefficient (Wildman–Crippen LogP) is 1.93. The highest BCUT2D eigenvalue weighted by Gasteiger charge is 2.26. The van der Waals surface area contributed by atoms with Gasteiger partial charge in [-0.3, -0.25) is 14.8 Å². The Hall–Kier alpha value is -1.64. The van der Waals surface area contributed by atoms with Crippen LogP contribution in [0.2, 0.25) is 5.02 Å². The number of H-pyrrole nitrogens is 1. The van der Waals surface area contributed by atoms with E-state index >= 15 is 0 Å². The summed E-state index contributed by atoms with van der Waals surface area (Å²) in [6.07, 6.45) is 0.872. The van der Waals surface area contributed by atoms with Crippen molar-refractivity contribution < 1.29 is 9.53 Å². The summed E-state index contributed by atoms with van der Waals surface area (Å²) >= 11 is 6.04. The fourth-order valence-electron chi connectivity index (χ4n) is 3.72. The Morgan fingerprint density at radius 2 is 2.04 bits per heavy atom. The van der Waals surface area contributed by atoms with Gasteiger partial charge in [0.2, 0.25) is 0 Å². The fourth-order valence-corrected chi connectivity index (χ4v) is 3.84. The minimum absolute atomic E-state index is 0. The van der Waals surface area contributed by atoms with Crippen molar-refractivity contribution in [3.8, 4) is 0 Å². The van der Waals surface area contributed by atoms with Gasteiger partial charge in [0.05, 0.1) is 19.3 Å². The Bertz CT molecular complexity index is 790. The molecule has 1 atom stereocenters. The second-order valence-corrected chi connectivity index (χ2v) is 7.32. The van der Waals surface area contributed by atoms with Gasteiger partial charge in [-0.25, -0.2) is 0 Å². The number of morpholine rings is 1. The van der Waals surface area contributed by atoms with E-state index in [4.69, 9.17) is 16.3 Å². The van der Waals surface area contributed by atoms with Crippen LogP contribution in [0.4, 0.5) is 0 Å². The van der Waals surface area contributed by atoms with Crippen molar-refractivity contribution in [3.05, 3.63) is 51.8 Å². The number of carbonyl (C=O) groups excluding carboxylic acids is 1. The lowest BCUT2D eigenvalue weighted by Gasteiger charge is -2.35. The fraction of sp³-hybridized carbons (Fsp3) is 0.474. The number of aromatic nitrogens is 2. The second-order valence-electron chi connectivity index (χ2n) is 6.88. The van der Waals surface area contributed by atoms with Gasteiger partial charge in [-0.2, -0.15) is 5.10 Å². The molecule has 3 heterocycles. The predicted molar refractivity (Wildman–Crippen MR) is 110 cm³/mol. The van der Waals surface area contributed by atoms with Crippen molar-refractivity contribution in [2.45, 2.75) is 19.0 Å². The Kier molecular flexibility index (Phi) is 7.31. The van der Waals surface area contributed by atoms with Crippen LogP contribution in [0.15, 0.2) is 24.3 Å². The first-order chi connectivity index (χ1) is 13.2. The van der Waals surface area contributed by atoms with Crippen molar-refractivity contribution in [2.24, 2.45) is 0 Å². The summed E-state index contributed by atoms with van der Waals surface area (Å²) < 4.78 is 5.48. The molecule has 152 valence electrons. The van der Waals surface area contributed by atoms with E-state index < -0.39 is 0 Å². The van der Waals surface area contributed by atoms with E-state index in [1.54, 1.807) is 0 Å². The Morgan fingerprint density at radius 1 is 1.29 bits per heavy atom. The van der Waals surface area contributed by atoms with Crippen LogP contribution in [0.3, 0.4) is 0 Å². The first kappa shape index (κ1) is 21.1. The summed E-state index contributed by atoms with van der Waals surface area (Å²) in [5.74, 6) is -0.136. The van der Waals surface area contributed by atoms with Crippen molar-refractivity contribution >= 4 is 29.9 Å². The summed E-state index contributed by atoms with van der Waals surface area (Å²) in [7, 11) is 0. The van der Waals surface area contributed by atoms with Crippen molar-refractivity contribution in [1.29, 1.82) is 0 Å². The Labute approximate surface area is 175 Å². The maximum atomic E-state index is 12.8. The number of aromatic amines is 1. The summed E-state index contributed by atoms with van der Waals surface area (Å²) in [6, 6.07) is 7.90. The molecular formula is C19H25Cl2N5O2. The molecule has 3 N–H and O–H groups in total. The molecule has 1 fully saturated rings. The number of nitrogens with zero attached hydrogens (tertiary/aromatic N) is 2. The number of fused-ring (bicyclic) bond motifs is 1. The van der Waals surface area contributed by atoms with Crippen molar-refractivity contribution in [3.63, 3.8) is 0 Å². The van der Waals surface area contributed by atoms with Crippen LogP contribution in [-0.2, 0) is 17.7 Å². The smallest absolute Gasteiger partial charge is 0.272 e. The molecule has 0 radical (unpaired) electrons. The SMILES string of the molecule is Cl.O=C(NCC(c1ccc(Cl)cc1)N1CCOCC1)c1n[nH]c2c1CNCC2. The van der Waals surface area contributed by atoms with Gasteiger partial charge in [-0.1, -0.05) is 23.7 Å². The molecule has 1 saturated heterocycles. The molecule has 2 aliphatic heterocycles. The van der Waals surface area contributed by atoms with E-state index in [0.717, 1.165) is 42.9 Å². The lowest BCUT2D eigenvalue weighted by atomic mass is 10.0. The minimum Gasteiger partial charge on any atom is -0.379 e. The maximum Gasteiger partial charge on any atom is 0.272 e. The van der Waals surface area contributed by atoms with Gasteiger partial charge in [0, 0.05) is 55.4 Å². The zero-order chi connectivity index (χ0) is 18.6. The quantitative estimate of drug-likeness (QED) is 0.681. The Morgan fingerprint density at radius 3 is 2.79 bits per heavy atom. The lowest BCUT2D eigenvalue weighted by Crippen LogP contribution is -2.44. The van der Waals surface area contributed by atoms with E-state index in [2.05, 4.69) is 25.7 Å². The van der Waals surface area contributed by atoms with Crippen LogP contribution in [0, 0.1) is 0 Å². The monoisotopic (exact) mass is 425 g/mol. The van der Waals surface area contributed by atoms with Crippen molar-refractivity contribution in [2.75, 3.05) is 39.4 Å². The number of benzene rings is 1. The summed E-state index contributed by atoms with van der Waals surface area (Å²) in [4.78, 5) is 15.1. The van der Waals surface area contributed by atoms with Gasteiger partial charge in [0.15, 0.2) is 5.69 Å². The number of hydrogen-bond acceptors (Lipinski definition) is 5. The summed E-state index contributed by atoms with van der Waals surface area (Å²) in [5.41, 5.74) is 3.66. The van der Waals surface area contributed by atoms with Crippen molar-refractivity contribution in [1.82, 2.24) is 25.7 Å². The minimum atomic E-state index is -0.136. The third-order valence-electron chi connectivity index (χ3n) is 5.22. The van der Waals surface area contributed by atoms with Gasteiger partial charge < -0.3 is 15.4 Å². The van der Waals surface area contributed by atoms with Crippen LogP contribution in [0.25, 0.3) is 0 Å². The van der Waals surface area contributed by atoms with E-state index in [1.165, 1.54) is 0 Å². The Balaban J connectivity index is 0.00000225. The molecule has 0 spiro atoms. The van der Waals surface area contributed by atoms with E-state index in [-0.39, 0.29) is 24.4 Å². The normalized spacial score (nSPS) is 18.0. The van der Waals surface area contributed by atoms with Crippen LogP contribution in [0.5, 0.6) is 0 Å². The average molecular weight is 426 g/mol. The number of carbonyl (C=O) groups is 1. The third-order valence-corrected chi connectivity index (χ3v) is 5.47. The maximum absolute atomic E-state index is 12.8. The zero-order valence-corrected chi connectivity index (χ0v) is 17.1. The van der Waals surface area contributed by atoms with Crippen LogP contribution in [0.1, 0.15) is 33.4 Å². The molecule has 1 aromatic carbocycles. The topological polar surface area (TPSA) is 82.3 Å². The van der Waals surface area contributed by atoms with E-state index in [0.29, 0.717) is 37.0 Å². The van der Waals surface area contributed by atoms with Crippen LogP contribution < -0.4 is 10.6 Å². The third kappa shape index (κ3) is 4.67. The number of nitrogens with one attached hydrogen (secondary N) is 3. The number of ether oxygens (including phenoxy) is 1. The molecular weight excluding hydrogens is 401 g/mol. The number of rotatable bonds is 5. The van der Waals surface area contributed by atoms with Gasteiger partial charge in [-0.15, -0.1) is 12.4 Å². The number of halogens is 2. The summed E-state index contributed by atoms with van der Waals surface area (Å²) in [6.45, 7) is 5.18. The first-order valence-corrected chi connectivity index (χ1v) is 9.72. The van der Waals surface area contributed by atoms with Crippen LogP contribution in [-0.4, -0.2) is 60.4 Å². The van der Waals surface area contributed by atoms with Gasteiger partial charge in [-0.05, 0) is 17.7 Å². The van der Waals surface area contributed by atoms with Gasteiger partial charge in [0.25, 0.3) is 5.91 Å². The first-order valence-electron chi connectivity index (χ1n) is 9.34. The van der Waals surface area contributed by atoms with E-state index in [9.17, 15) is 4.79 Å². The number of amides is 1. The van der Waals surface area contributed by atoms with Gasteiger partial charge in [0.1, 0.15) is 0 Å². The molecule has 0 saturated carbocycles. The summed E-state index contributed by atoms with van der Waals surface area (Å²) in [5, 5.41) is 14.3. The molecule has 1 amide bonds. The lowest BCUT2D eigenvalue weighted by molar-refractivity contribution is 0.0162. The van der Waals surface area contributed by atoms with E-state index in [1.807, 2.05) is 24.3 Å². The molecule has 0 bridgehead atoms. The highest BCUT2D eigenvalue weighted by atomic mass is 35.5. The molecule has 0 aliphatic carbocycles. The molecule has 4 rings (SSSR count).